The Morgan fingerprint density at radius 2 is 2.00 bits per heavy atom. The van der Waals surface area contributed by atoms with Crippen molar-refractivity contribution in [1.82, 2.24) is 0 Å². The molecule has 102 valence electrons. The normalized spacial score (nSPS) is 16.8. The van der Waals surface area contributed by atoms with Gasteiger partial charge in [0.2, 0.25) is 5.91 Å². The third kappa shape index (κ3) is 2.33. The molecular formula is C14H10Cl2N2O2. The summed E-state index contributed by atoms with van der Waals surface area (Å²) in [5.41, 5.74) is 7.03. The van der Waals surface area contributed by atoms with E-state index >= 15 is 0 Å². The minimum atomic E-state index is -0.692. The molecule has 1 aliphatic heterocycles. The molecule has 0 aliphatic carbocycles. The van der Waals surface area contributed by atoms with Gasteiger partial charge < -0.3 is 15.8 Å². The molecule has 0 fully saturated rings. The highest BCUT2D eigenvalue weighted by Crippen LogP contribution is 2.39. The number of carbonyl (C=O) groups is 1. The Labute approximate surface area is 125 Å². The van der Waals surface area contributed by atoms with Crippen molar-refractivity contribution in [3.05, 3.63) is 52.0 Å². The number of nitrogens with one attached hydrogen (secondary N) is 1. The summed E-state index contributed by atoms with van der Waals surface area (Å²) >= 11 is 12.1. The van der Waals surface area contributed by atoms with Crippen LogP contribution >= 0.6 is 23.2 Å². The lowest BCUT2D eigenvalue weighted by atomic mass is 10.1. The number of rotatable bonds is 2. The molecule has 1 aliphatic rings. The zero-order valence-corrected chi connectivity index (χ0v) is 11.7. The van der Waals surface area contributed by atoms with Crippen molar-refractivity contribution in [2.24, 2.45) is 5.73 Å². The number of ether oxygens (including phenoxy) is 1. The fourth-order valence-corrected chi connectivity index (χ4v) is 2.41. The van der Waals surface area contributed by atoms with Crippen molar-refractivity contribution in [3.8, 4) is 11.5 Å². The van der Waals surface area contributed by atoms with Crippen LogP contribution < -0.4 is 15.8 Å². The third-order valence-electron chi connectivity index (χ3n) is 3.00. The Kier molecular flexibility index (Phi) is 3.30. The van der Waals surface area contributed by atoms with Gasteiger partial charge in [-0.25, -0.2) is 0 Å². The maximum atomic E-state index is 11.5. The van der Waals surface area contributed by atoms with Gasteiger partial charge in [0.15, 0.2) is 0 Å². The number of benzene rings is 2. The van der Waals surface area contributed by atoms with Crippen LogP contribution in [0.5, 0.6) is 11.5 Å². The van der Waals surface area contributed by atoms with Crippen LogP contribution in [0.1, 0.15) is 11.6 Å². The van der Waals surface area contributed by atoms with Crippen molar-refractivity contribution in [3.63, 3.8) is 0 Å². The second-order valence-corrected chi connectivity index (χ2v) is 5.24. The largest absolute Gasteiger partial charge is 0.456 e. The van der Waals surface area contributed by atoms with Gasteiger partial charge in [-0.1, -0.05) is 29.3 Å². The maximum Gasteiger partial charge on any atom is 0.245 e. The second kappa shape index (κ2) is 4.98. The summed E-state index contributed by atoms with van der Waals surface area (Å²) < 4.78 is 5.68. The van der Waals surface area contributed by atoms with Crippen LogP contribution in [-0.2, 0) is 4.79 Å². The van der Waals surface area contributed by atoms with Gasteiger partial charge in [0.05, 0.1) is 5.02 Å². The van der Waals surface area contributed by atoms with Gasteiger partial charge >= 0.3 is 0 Å². The molecule has 0 spiro atoms. The molecule has 0 aromatic heterocycles. The van der Waals surface area contributed by atoms with Gasteiger partial charge in [0.1, 0.15) is 17.5 Å². The van der Waals surface area contributed by atoms with Crippen molar-refractivity contribution in [1.29, 1.82) is 0 Å². The smallest absolute Gasteiger partial charge is 0.245 e. The van der Waals surface area contributed by atoms with E-state index in [1.54, 1.807) is 36.4 Å². The molecule has 0 saturated heterocycles. The van der Waals surface area contributed by atoms with Crippen molar-refractivity contribution < 1.29 is 9.53 Å². The molecule has 2 aromatic rings. The van der Waals surface area contributed by atoms with E-state index in [4.69, 9.17) is 33.7 Å². The van der Waals surface area contributed by atoms with Gasteiger partial charge in [-0.05, 0) is 24.3 Å². The Balaban J connectivity index is 1.96. The predicted molar refractivity (Wildman–Crippen MR) is 78.5 cm³/mol. The first-order chi connectivity index (χ1) is 9.54. The quantitative estimate of drug-likeness (QED) is 0.888. The van der Waals surface area contributed by atoms with Crippen molar-refractivity contribution in [2.75, 3.05) is 5.32 Å². The molecule has 3 rings (SSSR count). The Morgan fingerprint density at radius 3 is 2.75 bits per heavy atom. The highest BCUT2D eigenvalue weighted by molar-refractivity contribution is 6.32. The van der Waals surface area contributed by atoms with Crippen LogP contribution in [0.25, 0.3) is 0 Å². The summed E-state index contributed by atoms with van der Waals surface area (Å²) in [7, 11) is 0. The first kappa shape index (κ1) is 13.2. The molecule has 1 unspecified atom stereocenters. The molecule has 3 N–H and O–H groups in total. The van der Waals surface area contributed by atoms with E-state index in [9.17, 15) is 4.79 Å². The van der Waals surface area contributed by atoms with Crippen LogP contribution in [0.15, 0.2) is 36.4 Å². The van der Waals surface area contributed by atoms with Gasteiger partial charge in [0.25, 0.3) is 0 Å². The lowest BCUT2D eigenvalue weighted by Crippen LogP contribution is -2.19. The minimum Gasteiger partial charge on any atom is -0.456 e. The average Bonchev–Trinajstić information content (AvgIpc) is 2.66. The van der Waals surface area contributed by atoms with Crippen LogP contribution in [0.3, 0.4) is 0 Å². The lowest BCUT2D eigenvalue weighted by molar-refractivity contribution is -0.116. The van der Waals surface area contributed by atoms with E-state index in [1.165, 1.54) is 0 Å². The summed E-state index contributed by atoms with van der Waals surface area (Å²) in [6.45, 7) is 0. The maximum absolute atomic E-state index is 11.5. The van der Waals surface area contributed by atoms with E-state index in [1.807, 2.05) is 0 Å². The molecule has 1 heterocycles. The predicted octanol–water partition coefficient (Wildman–Crippen LogP) is 3.74. The zero-order valence-electron chi connectivity index (χ0n) is 10.2. The summed E-state index contributed by atoms with van der Waals surface area (Å²) in [6, 6.07) is 9.56. The lowest BCUT2D eigenvalue weighted by Gasteiger charge is -2.10. The van der Waals surface area contributed by atoms with Gasteiger partial charge in [-0.15, -0.1) is 0 Å². The van der Waals surface area contributed by atoms with Crippen molar-refractivity contribution >= 4 is 34.8 Å². The van der Waals surface area contributed by atoms with E-state index in [0.717, 1.165) is 0 Å². The number of fused-ring (bicyclic) bond motifs is 1. The standard InChI is InChI=1S/C14H10Cl2N2O2/c15-7-2-1-3-8(4-7)20-12-6-11-9(5-10(12)16)13(17)14(19)18-11/h1-6,13H,17H2,(H,18,19). The Morgan fingerprint density at radius 1 is 1.20 bits per heavy atom. The summed E-state index contributed by atoms with van der Waals surface area (Å²) in [4.78, 5) is 11.5. The Hall–Kier alpha value is -1.75. The number of halogens is 2. The minimum absolute atomic E-state index is 0.254. The fourth-order valence-electron chi connectivity index (χ4n) is 2.02. The number of nitrogens with two attached hydrogens (primary N) is 1. The SMILES string of the molecule is NC1C(=O)Nc2cc(Oc3cccc(Cl)c3)c(Cl)cc21. The van der Waals surface area contributed by atoms with E-state index < -0.39 is 6.04 Å². The average molecular weight is 309 g/mol. The molecule has 0 bridgehead atoms. The number of hydrogen-bond acceptors (Lipinski definition) is 3. The van der Waals surface area contributed by atoms with E-state index in [0.29, 0.717) is 32.8 Å². The molecule has 0 radical (unpaired) electrons. The molecule has 0 saturated carbocycles. The first-order valence-electron chi connectivity index (χ1n) is 5.88. The first-order valence-corrected chi connectivity index (χ1v) is 6.63. The monoisotopic (exact) mass is 308 g/mol. The highest BCUT2D eigenvalue weighted by Gasteiger charge is 2.28. The van der Waals surface area contributed by atoms with Crippen LogP contribution in [0.2, 0.25) is 10.0 Å². The van der Waals surface area contributed by atoms with Gasteiger partial charge in [-0.2, -0.15) is 0 Å². The molecule has 1 amide bonds. The molecule has 4 nitrogen and oxygen atoms in total. The summed E-state index contributed by atoms with van der Waals surface area (Å²) in [6.07, 6.45) is 0. The number of carbonyl (C=O) groups excluding carboxylic acids is 1. The number of hydrogen-bond donors (Lipinski definition) is 2. The summed E-state index contributed by atoms with van der Waals surface area (Å²) in [5.74, 6) is 0.742. The van der Waals surface area contributed by atoms with E-state index in [-0.39, 0.29) is 5.91 Å². The third-order valence-corrected chi connectivity index (χ3v) is 3.53. The van der Waals surface area contributed by atoms with Crippen molar-refractivity contribution in [2.45, 2.75) is 6.04 Å². The molecule has 2 aromatic carbocycles. The van der Waals surface area contributed by atoms with Crippen LogP contribution in [0.4, 0.5) is 5.69 Å². The number of anilines is 1. The van der Waals surface area contributed by atoms with Gasteiger partial charge in [-0.3, -0.25) is 4.79 Å². The molecule has 1 atom stereocenters. The topological polar surface area (TPSA) is 64.4 Å². The second-order valence-electron chi connectivity index (χ2n) is 4.40. The van der Waals surface area contributed by atoms with E-state index in [2.05, 4.69) is 5.32 Å². The summed E-state index contributed by atoms with van der Waals surface area (Å²) in [5, 5.41) is 3.63. The fraction of sp³-hybridized carbons (Fsp3) is 0.0714. The van der Waals surface area contributed by atoms with Crippen LogP contribution in [0, 0.1) is 0 Å². The number of amides is 1. The highest BCUT2D eigenvalue weighted by atomic mass is 35.5. The molecule has 20 heavy (non-hydrogen) atoms. The van der Waals surface area contributed by atoms with Gasteiger partial charge in [0, 0.05) is 22.3 Å². The molecule has 6 heteroatoms. The zero-order chi connectivity index (χ0) is 14.3. The Bertz CT molecular complexity index is 704. The van der Waals surface area contributed by atoms with Crippen LogP contribution in [-0.4, -0.2) is 5.91 Å². The molecular weight excluding hydrogens is 299 g/mol.